The number of phenolic OH excluding ortho intramolecular Hbond substituents is 1. The maximum Gasteiger partial charge on any atom is 0.165 e. The van der Waals surface area contributed by atoms with E-state index in [0.717, 1.165) is 12.1 Å². The third-order valence-electron chi connectivity index (χ3n) is 1.91. The molecule has 0 fully saturated rings. The molecule has 0 unspecified atom stereocenters. The van der Waals surface area contributed by atoms with E-state index in [4.69, 9.17) is 0 Å². The predicted octanol–water partition coefficient (Wildman–Crippen LogP) is 2.82. The zero-order valence-electron chi connectivity index (χ0n) is 6.59. The maximum atomic E-state index is 12.8. The summed E-state index contributed by atoms with van der Waals surface area (Å²) < 4.78 is 25.5. The number of halogens is 2. The zero-order valence-corrected chi connectivity index (χ0v) is 6.59. The van der Waals surface area contributed by atoms with Crippen LogP contribution in [0.1, 0.15) is 0 Å². The summed E-state index contributed by atoms with van der Waals surface area (Å²) in [5, 5.41) is 10.0. The fraction of sp³-hybridized carbons (Fsp3) is 0. The van der Waals surface area contributed by atoms with Crippen molar-refractivity contribution >= 4 is 10.8 Å². The lowest BCUT2D eigenvalue weighted by Gasteiger charge is -2.01. The van der Waals surface area contributed by atoms with Crippen LogP contribution < -0.4 is 0 Å². The Kier molecular flexibility index (Phi) is 1.65. The second-order valence-electron chi connectivity index (χ2n) is 2.76. The van der Waals surface area contributed by atoms with Crippen LogP contribution in [-0.2, 0) is 0 Å². The molecule has 0 radical (unpaired) electrons. The van der Waals surface area contributed by atoms with E-state index in [2.05, 4.69) is 0 Å². The summed E-state index contributed by atoms with van der Waals surface area (Å²) in [7, 11) is 0. The van der Waals surface area contributed by atoms with Crippen molar-refractivity contribution < 1.29 is 13.9 Å². The normalized spacial score (nSPS) is 10.6. The molecule has 1 nitrogen and oxygen atoms in total. The van der Waals surface area contributed by atoms with Crippen LogP contribution in [0.2, 0.25) is 0 Å². The zero-order chi connectivity index (χ0) is 9.42. The smallest absolute Gasteiger partial charge is 0.165 e. The van der Waals surface area contributed by atoms with Gasteiger partial charge >= 0.3 is 0 Å². The third-order valence-corrected chi connectivity index (χ3v) is 1.91. The Balaban J connectivity index is 2.89. The van der Waals surface area contributed by atoms with Crippen molar-refractivity contribution in [2.45, 2.75) is 0 Å². The van der Waals surface area contributed by atoms with Gasteiger partial charge in [-0.3, -0.25) is 0 Å². The van der Waals surface area contributed by atoms with Crippen LogP contribution in [0.3, 0.4) is 0 Å². The molecule has 0 spiro atoms. The van der Waals surface area contributed by atoms with Gasteiger partial charge < -0.3 is 5.11 Å². The van der Waals surface area contributed by atoms with E-state index in [0.29, 0.717) is 5.39 Å². The first-order valence-corrected chi connectivity index (χ1v) is 3.75. The minimum Gasteiger partial charge on any atom is -0.504 e. The van der Waals surface area contributed by atoms with E-state index in [9.17, 15) is 13.9 Å². The number of benzene rings is 2. The van der Waals surface area contributed by atoms with Crippen molar-refractivity contribution in [3.63, 3.8) is 0 Å². The first-order chi connectivity index (χ1) is 6.18. The van der Waals surface area contributed by atoms with Gasteiger partial charge in [-0.05, 0) is 23.6 Å². The molecule has 0 amide bonds. The summed E-state index contributed by atoms with van der Waals surface area (Å²) in [6.45, 7) is 0. The quantitative estimate of drug-likeness (QED) is 0.660. The fourth-order valence-electron chi connectivity index (χ4n) is 1.25. The van der Waals surface area contributed by atoms with E-state index in [-0.39, 0.29) is 5.39 Å². The summed E-state index contributed by atoms with van der Waals surface area (Å²) in [4.78, 5) is 0. The molecule has 2 aromatic carbocycles. The van der Waals surface area contributed by atoms with Gasteiger partial charge in [0.1, 0.15) is 5.82 Å². The van der Waals surface area contributed by atoms with Gasteiger partial charge in [-0.1, -0.05) is 12.1 Å². The van der Waals surface area contributed by atoms with E-state index in [1.54, 1.807) is 0 Å². The molecule has 0 bridgehead atoms. The minimum atomic E-state index is -0.738. The van der Waals surface area contributed by atoms with Crippen LogP contribution in [0, 0.1) is 11.6 Å². The van der Waals surface area contributed by atoms with Crippen molar-refractivity contribution in [3.05, 3.63) is 42.0 Å². The van der Waals surface area contributed by atoms with Gasteiger partial charge in [-0.25, -0.2) is 8.78 Å². The van der Waals surface area contributed by atoms with Crippen LogP contribution in [0.5, 0.6) is 5.75 Å². The minimum absolute atomic E-state index is 0.194. The van der Waals surface area contributed by atoms with Crippen molar-refractivity contribution in [2.75, 3.05) is 0 Å². The fourth-order valence-corrected chi connectivity index (χ4v) is 1.25. The van der Waals surface area contributed by atoms with Crippen molar-refractivity contribution in [3.8, 4) is 5.75 Å². The molecule has 13 heavy (non-hydrogen) atoms. The van der Waals surface area contributed by atoms with Gasteiger partial charge in [0.2, 0.25) is 0 Å². The van der Waals surface area contributed by atoms with E-state index in [1.807, 2.05) is 0 Å². The van der Waals surface area contributed by atoms with Crippen molar-refractivity contribution in [2.24, 2.45) is 0 Å². The second kappa shape index (κ2) is 2.69. The average Bonchev–Trinajstić information content (AvgIpc) is 2.12. The van der Waals surface area contributed by atoms with Gasteiger partial charge in [0, 0.05) is 5.39 Å². The number of aromatic hydroxyl groups is 1. The standard InChI is InChI=1S/C10H6F2O/c11-7-3-1-6-2-4-9(12)10(13)8(6)5-7/h1-5,13H. The summed E-state index contributed by atoms with van der Waals surface area (Å²) in [6.07, 6.45) is 0. The van der Waals surface area contributed by atoms with Crippen molar-refractivity contribution in [1.29, 1.82) is 0 Å². The SMILES string of the molecule is Oc1c(F)ccc2ccc(F)cc12. The molecule has 0 saturated heterocycles. The average molecular weight is 180 g/mol. The molecule has 2 rings (SSSR count). The van der Waals surface area contributed by atoms with Crippen LogP contribution in [-0.4, -0.2) is 5.11 Å². The van der Waals surface area contributed by atoms with Gasteiger partial charge in [0.15, 0.2) is 11.6 Å². The summed E-state index contributed by atoms with van der Waals surface area (Å²) in [5.74, 6) is -1.73. The number of phenols is 1. The predicted molar refractivity (Wildman–Crippen MR) is 45.5 cm³/mol. The molecule has 0 aromatic heterocycles. The summed E-state index contributed by atoms with van der Waals surface area (Å²) in [6, 6.07) is 6.50. The van der Waals surface area contributed by atoms with Gasteiger partial charge in [0.25, 0.3) is 0 Å². The van der Waals surface area contributed by atoms with Crippen LogP contribution in [0.4, 0.5) is 8.78 Å². The highest BCUT2D eigenvalue weighted by atomic mass is 19.1. The molecular weight excluding hydrogens is 174 g/mol. The molecule has 3 heteroatoms. The topological polar surface area (TPSA) is 20.2 Å². The molecule has 0 aliphatic rings. The van der Waals surface area contributed by atoms with E-state index in [1.165, 1.54) is 18.2 Å². The molecular formula is C10H6F2O. The molecule has 0 aliphatic carbocycles. The second-order valence-corrected chi connectivity index (χ2v) is 2.76. The largest absolute Gasteiger partial charge is 0.504 e. The number of fused-ring (bicyclic) bond motifs is 1. The maximum absolute atomic E-state index is 12.8. The highest BCUT2D eigenvalue weighted by molar-refractivity contribution is 5.88. The lowest BCUT2D eigenvalue weighted by atomic mass is 10.1. The number of rotatable bonds is 0. The molecule has 0 heterocycles. The Labute approximate surface area is 73.2 Å². The molecule has 0 saturated carbocycles. The Bertz CT molecular complexity index is 460. The van der Waals surface area contributed by atoms with Crippen LogP contribution >= 0.6 is 0 Å². The molecule has 1 N–H and O–H groups in total. The molecule has 0 aliphatic heterocycles. The molecule has 66 valence electrons. The lowest BCUT2D eigenvalue weighted by Crippen LogP contribution is -1.81. The van der Waals surface area contributed by atoms with Gasteiger partial charge in [0.05, 0.1) is 0 Å². The van der Waals surface area contributed by atoms with Crippen LogP contribution in [0.15, 0.2) is 30.3 Å². The Hall–Kier alpha value is -1.64. The summed E-state index contributed by atoms with van der Waals surface area (Å²) >= 11 is 0. The Morgan fingerprint density at radius 2 is 1.69 bits per heavy atom. The van der Waals surface area contributed by atoms with Crippen molar-refractivity contribution in [1.82, 2.24) is 0 Å². The monoisotopic (exact) mass is 180 g/mol. The first-order valence-electron chi connectivity index (χ1n) is 3.75. The van der Waals surface area contributed by atoms with E-state index >= 15 is 0 Å². The van der Waals surface area contributed by atoms with E-state index < -0.39 is 17.4 Å². The van der Waals surface area contributed by atoms with Gasteiger partial charge in [-0.15, -0.1) is 0 Å². The Morgan fingerprint density at radius 3 is 2.46 bits per heavy atom. The third kappa shape index (κ3) is 1.22. The Morgan fingerprint density at radius 1 is 1.00 bits per heavy atom. The highest BCUT2D eigenvalue weighted by Crippen LogP contribution is 2.27. The lowest BCUT2D eigenvalue weighted by molar-refractivity contribution is 0.438. The molecule has 0 atom stereocenters. The molecule has 2 aromatic rings. The van der Waals surface area contributed by atoms with Gasteiger partial charge in [-0.2, -0.15) is 0 Å². The number of hydrogen-bond acceptors (Lipinski definition) is 1. The van der Waals surface area contributed by atoms with Crippen LogP contribution in [0.25, 0.3) is 10.8 Å². The summed E-state index contributed by atoms with van der Waals surface area (Å²) in [5.41, 5.74) is 0. The number of hydrogen-bond donors (Lipinski definition) is 1. The highest BCUT2D eigenvalue weighted by Gasteiger charge is 2.05. The first kappa shape index (κ1) is 7.98.